The zero-order valence-corrected chi connectivity index (χ0v) is 7.27. The van der Waals surface area contributed by atoms with Crippen molar-refractivity contribution < 1.29 is 4.79 Å². The molecule has 11 heavy (non-hydrogen) atoms. The SMILES string of the molecule is CNC(=O)C#CCCN(C)C. The monoisotopic (exact) mass is 154 g/mol. The minimum atomic E-state index is -0.219. The van der Waals surface area contributed by atoms with Gasteiger partial charge in [0.2, 0.25) is 0 Å². The molecule has 0 aromatic rings. The van der Waals surface area contributed by atoms with E-state index in [2.05, 4.69) is 17.2 Å². The number of hydrogen-bond donors (Lipinski definition) is 1. The van der Waals surface area contributed by atoms with Gasteiger partial charge in [-0.3, -0.25) is 4.79 Å². The Balaban J connectivity index is 3.48. The number of hydrogen-bond acceptors (Lipinski definition) is 2. The van der Waals surface area contributed by atoms with Crippen molar-refractivity contribution in [2.75, 3.05) is 27.7 Å². The lowest BCUT2D eigenvalue weighted by Gasteiger charge is -2.03. The van der Waals surface area contributed by atoms with E-state index in [0.29, 0.717) is 0 Å². The Morgan fingerprint density at radius 2 is 2.18 bits per heavy atom. The number of amides is 1. The highest BCUT2D eigenvalue weighted by Gasteiger charge is 1.87. The fraction of sp³-hybridized carbons (Fsp3) is 0.625. The summed E-state index contributed by atoms with van der Waals surface area (Å²) in [7, 11) is 5.52. The summed E-state index contributed by atoms with van der Waals surface area (Å²) < 4.78 is 0. The highest BCUT2D eigenvalue weighted by atomic mass is 16.1. The van der Waals surface area contributed by atoms with E-state index in [0.717, 1.165) is 13.0 Å². The minimum absolute atomic E-state index is 0.219. The highest BCUT2D eigenvalue weighted by Crippen LogP contribution is 1.78. The first-order chi connectivity index (χ1) is 5.16. The molecule has 0 aliphatic rings. The molecule has 0 fully saturated rings. The maximum Gasteiger partial charge on any atom is 0.295 e. The van der Waals surface area contributed by atoms with E-state index in [9.17, 15) is 4.79 Å². The maximum absolute atomic E-state index is 10.6. The maximum atomic E-state index is 10.6. The molecule has 3 heteroatoms. The third-order valence-corrected chi connectivity index (χ3v) is 1.11. The van der Waals surface area contributed by atoms with Crippen LogP contribution in [0.2, 0.25) is 0 Å². The predicted molar refractivity (Wildman–Crippen MR) is 45.0 cm³/mol. The van der Waals surface area contributed by atoms with Gasteiger partial charge in [0.25, 0.3) is 5.91 Å². The first-order valence-electron chi connectivity index (χ1n) is 3.52. The fourth-order valence-electron chi connectivity index (χ4n) is 0.485. The Bertz CT molecular complexity index is 176. The van der Waals surface area contributed by atoms with Crippen LogP contribution in [0.25, 0.3) is 0 Å². The summed E-state index contributed by atoms with van der Waals surface area (Å²) in [4.78, 5) is 12.6. The molecule has 0 rings (SSSR count). The quantitative estimate of drug-likeness (QED) is 0.553. The zero-order valence-electron chi connectivity index (χ0n) is 7.27. The number of nitrogens with zero attached hydrogens (tertiary/aromatic N) is 1. The van der Waals surface area contributed by atoms with Gasteiger partial charge >= 0.3 is 0 Å². The second-order valence-electron chi connectivity index (χ2n) is 2.43. The molecule has 0 spiro atoms. The molecule has 0 bridgehead atoms. The minimum Gasteiger partial charge on any atom is -0.348 e. The molecule has 0 saturated carbocycles. The third kappa shape index (κ3) is 6.88. The van der Waals surface area contributed by atoms with E-state index >= 15 is 0 Å². The van der Waals surface area contributed by atoms with Crippen LogP contribution in [0.1, 0.15) is 6.42 Å². The molecule has 0 aromatic carbocycles. The Morgan fingerprint density at radius 3 is 2.64 bits per heavy atom. The second-order valence-corrected chi connectivity index (χ2v) is 2.43. The van der Waals surface area contributed by atoms with Crippen LogP contribution in [0.4, 0.5) is 0 Å². The van der Waals surface area contributed by atoms with Crippen LogP contribution >= 0.6 is 0 Å². The van der Waals surface area contributed by atoms with Gasteiger partial charge in [0.05, 0.1) is 0 Å². The van der Waals surface area contributed by atoms with Crippen LogP contribution in [0, 0.1) is 11.8 Å². The Kier molecular flexibility index (Phi) is 5.22. The van der Waals surface area contributed by atoms with Gasteiger partial charge in [-0.1, -0.05) is 5.92 Å². The lowest BCUT2D eigenvalue weighted by Crippen LogP contribution is -2.15. The van der Waals surface area contributed by atoms with Gasteiger partial charge in [-0.05, 0) is 20.0 Å². The number of rotatable bonds is 2. The Hall–Kier alpha value is -1.01. The molecule has 0 unspecified atom stereocenters. The van der Waals surface area contributed by atoms with E-state index < -0.39 is 0 Å². The molecular formula is C8H14N2O. The van der Waals surface area contributed by atoms with Gasteiger partial charge in [-0.2, -0.15) is 0 Å². The largest absolute Gasteiger partial charge is 0.348 e. The molecule has 3 nitrogen and oxygen atoms in total. The van der Waals surface area contributed by atoms with Crippen LogP contribution in [-0.4, -0.2) is 38.5 Å². The molecule has 0 aliphatic carbocycles. The van der Waals surface area contributed by atoms with Crippen molar-refractivity contribution in [2.24, 2.45) is 0 Å². The number of nitrogens with one attached hydrogen (secondary N) is 1. The molecule has 0 atom stereocenters. The lowest BCUT2D eigenvalue weighted by atomic mass is 10.4. The van der Waals surface area contributed by atoms with Crippen molar-refractivity contribution in [3.8, 4) is 11.8 Å². The predicted octanol–water partition coefficient (Wildman–Crippen LogP) is -0.312. The van der Waals surface area contributed by atoms with Crippen molar-refractivity contribution in [2.45, 2.75) is 6.42 Å². The van der Waals surface area contributed by atoms with Crippen LogP contribution < -0.4 is 5.32 Å². The van der Waals surface area contributed by atoms with Crippen LogP contribution in [-0.2, 0) is 4.79 Å². The summed E-state index contributed by atoms with van der Waals surface area (Å²) in [6, 6.07) is 0. The van der Waals surface area contributed by atoms with Crippen molar-refractivity contribution in [3.05, 3.63) is 0 Å². The van der Waals surface area contributed by atoms with E-state index in [1.165, 1.54) is 0 Å². The fourth-order valence-corrected chi connectivity index (χ4v) is 0.485. The molecule has 0 saturated heterocycles. The molecule has 0 aromatic heterocycles. The molecule has 1 N–H and O–H groups in total. The average Bonchev–Trinajstić information content (AvgIpc) is 1.97. The Labute approximate surface area is 67.8 Å². The van der Waals surface area contributed by atoms with Gasteiger partial charge in [0.1, 0.15) is 0 Å². The normalized spacial score (nSPS) is 8.73. The van der Waals surface area contributed by atoms with Gasteiger partial charge in [0.15, 0.2) is 0 Å². The van der Waals surface area contributed by atoms with Crippen molar-refractivity contribution in [3.63, 3.8) is 0 Å². The van der Waals surface area contributed by atoms with Crippen molar-refractivity contribution >= 4 is 5.91 Å². The standard InChI is InChI=1S/C8H14N2O/c1-9-8(11)6-4-5-7-10(2)3/h5,7H2,1-3H3,(H,9,11). The smallest absolute Gasteiger partial charge is 0.295 e. The summed E-state index contributed by atoms with van der Waals surface area (Å²) in [6.07, 6.45) is 0.737. The number of carbonyl (C=O) groups excluding carboxylic acids is 1. The lowest BCUT2D eigenvalue weighted by molar-refractivity contribution is -0.115. The summed E-state index contributed by atoms with van der Waals surface area (Å²) in [5.74, 6) is 5.01. The number of carbonyl (C=O) groups is 1. The zero-order chi connectivity index (χ0) is 8.69. The topological polar surface area (TPSA) is 32.3 Å². The van der Waals surface area contributed by atoms with Crippen molar-refractivity contribution in [1.82, 2.24) is 10.2 Å². The Morgan fingerprint density at radius 1 is 1.55 bits per heavy atom. The summed E-state index contributed by atoms with van der Waals surface area (Å²) in [5.41, 5.74) is 0. The van der Waals surface area contributed by atoms with Gasteiger partial charge in [-0.25, -0.2) is 0 Å². The van der Waals surface area contributed by atoms with Crippen LogP contribution in [0.15, 0.2) is 0 Å². The van der Waals surface area contributed by atoms with Crippen LogP contribution in [0.5, 0.6) is 0 Å². The molecular weight excluding hydrogens is 140 g/mol. The second kappa shape index (κ2) is 5.75. The van der Waals surface area contributed by atoms with E-state index in [1.807, 2.05) is 19.0 Å². The molecule has 1 amide bonds. The first-order valence-corrected chi connectivity index (χ1v) is 3.52. The van der Waals surface area contributed by atoms with E-state index in [4.69, 9.17) is 0 Å². The van der Waals surface area contributed by atoms with E-state index in [1.54, 1.807) is 7.05 Å². The summed E-state index contributed by atoms with van der Waals surface area (Å²) in [5, 5.41) is 2.43. The molecule has 62 valence electrons. The van der Waals surface area contributed by atoms with Gasteiger partial charge in [0, 0.05) is 20.0 Å². The highest BCUT2D eigenvalue weighted by molar-refractivity contribution is 5.93. The third-order valence-electron chi connectivity index (χ3n) is 1.11. The molecule has 0 aliphatic heterocycles. The summed E-state index contributed by atoms with van der Waals surface area (Å²) >= 11 is 0. The van der Waals surface area contributed by atoms with E-state index in [-0.39, 0.29) is 5.91 Å². The van der Waals surface area contributed by atoms with Gasteiger partial charge in [-0.15, -0.1) is 0 Å². The van der Waals surface area contributed by atoms with Crippen LogP contribution in [0.3, 0.4) is 0 Å². The van der Waals surface area contributed by atoms with Gasteiger partial charge < -0.3 is 10.2 Å². The van der Waals surface area contributed by atoms with Crippen molar-refractivity contribution in [1.29, 1.82) is 0 Å². The average molecular weight is 154 g/mol. The molecule has 0 heterocycles. The first kappa shape index (κ1) is 9.99. The summed E-state index contributed by atoms with van der Waals surface area (Å²) in [6.45, 7) is 0.893. The molecule has 0 radical (unpaired) electrons.